The molecule has 0 heterocycles. The Morgan fingerprint density at radius 1 is 1.05 bits per heavy atom. The average Bonchev–Trinajstić information content (AvgIpc) is 2.35. The van der Waals surface area contributed by atoms with E-state index in [1.54, 1.807) is 12.1 Å². The number of rotatable bonds is 3. The van der Waals surface area contributed by atoms with Crippen LogP contribution in [0.3, 0.4) is 0 Å². The number of benzene rings is 2. The Bertz CT molecular complexity index is 608. The van der Waals surface area contributed by atoms with Crippen LogP contribution in [0.1, 0.15) is 16.7 Å². The summed E-state index contributed by atoms with van der Waals surface area (Å²) in [7, 11) is 1.84. The molecule has 0 amide bonds. The lowest BCUT2D eigenvalue weighted by atomic mass is 9.96. The fourth-order valence-electron chi connectivity index (χ4n) is 2.15. The summed E-state index contributed by atoms with van der Waals surface area (Å²) in [4.78, 5) is 0. The Labute approximate surface area is 118 Å². The van der Waals surface area contributed by atoms with E-state index in [-0.39, 0.29) is 5.82 Å². The van der Waals surface area contributed by atoms with E-state index in [0.29, 0.717) is 11.6 Å². The van der Waals surface area contributed by atoms with Gasteiger partial charge in [0.15, 0.2) is 0 Å². The largest absolute Gasteiger partial charge is 0.316 e. The first kappa shape index (κ1) is 14.0. The molecule has 1 N–H and O–H groups in total. The predicted molar refractivity (Wildman–Crippen MR) is 79.1 cm³/mol. The van der Waals surface area contributed by atoms with E-state index in [1.165, 1.54) is 11.6 Å². The van der Waals surface area contributed by atoms with Gasteiger partial charge in [-0.1, -0.05) is 17.7 Å². The smallest absolute Gasteiger partial charge is 0.123 e. The Kier molecular flexibility index (Phi) is 4.23. The number of aryl methyl sites for hydroxylation is 2. The number of hydrogen-bond acceptors (Lipinski definition) is 1. The maximum Gasteiger partial charge on any atom is 0.123 e. The summed E-state index contributed by atoms with van der Waals surface area (Å²) in [6.45, 7) is 4.69. The van der Waals surface area contributed by atoms with Crippen molar-refractivity contribution in [3.05, 3.63) is 57.9 Å². The molecule has 2 aromatic rings. The lowest BCUT2D eigenvalue weighted by Gasteiger charge is -2.13. The summed E-state index contributed by atoms with van der Waals surface area (Å²) >= 11 is 6.33. The molecule has 0 unspecified atom stereocenters. The Morgan fingerprint density at radius 2 is 1.74 bits per heavy atom. The van der Waals surface area contributed by atoms with Gasteiger partial charge in [-0.05, 0) is 67.4 Å². The molecule has 0 aliphatic rings. The molecule has 0 aromatic heterocycles. The van der Waals surface area contributed by atoms with Crippen LogP contribution in [0.4, 0.5) is 4.39 Å². The summed E-state index contributed by atoms with van der Waals surface area (Å²) in [5.74, 6) is -0.228. The molecule has 2 rings (SSSR count). The van der Waals surface area contributed by atoms with Crippen LogP contribution < -0.4 is 5.32 Å². The van der Waals surface area contributed by atoms with Gasteiger partial charge < -0.3 is 5.32 Å². The Morgan fingerprint density at radius 3 is 2.42 bits per heavy atom. The molecule has 0 bridgehead atoms. The van der Waals surface area contributed by atoms with Gasteiger partial charge in [-0.3, -0.25) is 0 Å². The van der Waals surface area contributed by atoms with Crippen LogP contribution in [-0.2, 0) is 6.54 Å². The van der Waals surface area contributed by atoms with E-state index < -0.39 is 0 Å². The first-order chi connectivity index (χ1) is 9.02. The third-order valence-corrected chi connectivity index (χ3v) is 3.62. The molecule has 0 saturated heterocycles. The van der Waals surface area contributed by atoms with Crippen molar-refractivity contribution in [2.24, 2.45) is 0 Å². The van der Waals surface area contributed by atoms with Crippen LogP contribution >= 0.6 is 11.6 Å². The van der Waals surface area contributed by atoms with Gasteiger partial charge in [-0.15, -0.1) is 0 Å². The zero-order valence-electron chi connectivity index (χ0n) is 11.3. The van der Waals surface area contributed by atoms with Gasteiger partial charge in [-0.25, -0.2) is 4.39 Å². The average molecular weight is 278 g/mol. The summed E-state index contributed by atoms with van der Waals surface area (Å²) < 4.78 is 13.4. The molecule has 0 fully saturated rings. The monoisotopic (exact) mass is 277 g/mol. The zero-order valence-corrected chi connectivity index (χ0v) is 12.1. The van der Waals surface area contributed by atoms with Gasteiger partial charge in [0.05, 0.1) is 0 Å². The van der Waals surface area contributed by atoms with E-state index in [0.717, 1.165) is 22.3 Å². The molecule has 0 saturated carbocycles. The van der Waals surface area contributed by atoms with Crippen molar-refractivity contribution in [3.8, 4) is 11.1 Å². The summed E-state index contributed by atoms with van der Waals surface area (Å²) in [5.41, 5.74) is 5.18. The summed E-state index contributed by atoms with van der Waals surface area (Å²) in [6.07, 6.45) is 0. The van der Waals surface area contributed by atoms with E-state index in [2.05, 4.69) is 18.3 Å². The molecule has 0 atom stereocenters. The molecule has 0 aliphatic heterocycles. The highest BCUT2D eigenvalue weighted by Gasteiger charge is 2.11. The van der Waals surface area contributed by atoms with E-state index in [1.807, 2.05) is 20.0 Å². The standard InChI is InChI=1S/C16H17ClFN/c1-10-6-15(16(17)7-11(10)2)14-5-4-13(18)8-12(14)9-19-3/h4-8,19H,9H2,1-3H3. The van der Waals surface area contributed by atoms with Crippen molar-refractivity contribution in [3.63, 3.8) is 0 Å². The van der Waals surface area contributed by atoms with Crippen LogP contribution in [0, 0.1) is 19.7 Å². The lowest BCUT2D eigenvalue weighted by molar-refractivity contribution is 0.624. The second kappa shape index (κ2) is 5.72. The molecule has 19 heavy (non-hydrogen) atoms. The highest BCUT2D eigenvalue weighted by molar-refractivity contribution is 6.33. The summed E-state index contributed by atoms with van der Waals surface area (Å²) in [5, 5.41) is 3.76. The van der Waals surface area contributed by atoms with Crippen molar-refractivity contribution in [2.75, 3.05) is 7.05 Å². The predicted octanol–water partition coefficient (Wildman–Crippen LogP) is 4.48. The zero-order chi connectivity index (χ0) is 14.0. The topological polar surface area (TPSA) is 12.0 Å². The Balaban J connectivity index is 2.61. The molecule has 3 heteroatoms. The van der Waals surface area contributed by atoms with Gasteiger partial charge >= 0.3 is 0 Å². The maximum absolute atomic E-state index is 13.4. The van der Waals surface area contributed by atoms with Gasteiger partial charge in [0.25, 0.3) is 0 Å². The minimum atomic E-state index is -0.228. The van der Waals surface area contributed by atoms with Crippen LogP contribution in [0.15, 0.2) is 30.3 Å². The van der Waals surface area contributed by atoms with Gasteiger partial charge in [0.2, 0.25) is 0 Å². The normalized spacial score (nSPS) is 10.8. The second-order valence-electron chi connectivity index (χ2n) is 4.75. The first-order valence-electron chi connectivity index (χ1n) is 6.23. The van der Waals surface area contributed by atoms with E-state index in [9.17, 15) is 4.39 Å². The lowest BCUT2D eigenvalue weighted by Crippen LogP contribution is -2.07. The van der Waals surface area contributed by atoms with E-state index >= 15 is 0 Å². The summed E-state index contributed by atoms with van der Waals surface area (Å²) in [6, 6.07) is 8.83. The molecule has 0 radical (unpaired) electrons. The second-order valence-corrected chi connectivity index (χ2v) is 5.16. The molecule has 1 nitrogen and oxygen atoms in total. The van der Waals surface area contributed by atoms with Crippen molar-refractivity contribution in [2.45, 2.75) is 20.4 Å². The fourth-order valence-corrected chi connectivity index (χ4v) is 2.47. The van der Waals surface area contributed by atoms with Crippen LogP contribution in [0.25, 0.3) is 11.1 Å². The highest BCUT2D eigenvalue weighted by Crippen LogP contribution is 2.33. The molecular formula is C16H17ClFN. The maximum atomic E-state index is 13.4. The number of hydrogen-bond donors (Lipinski definition) is 1. The number of nitrogens with one attached hydrogen (secondary N) is 1. The highest BCUT2D eigenvalue weighted by atomic mass is 35.5. The van der Waals surface area contributed by atoms with Gasteiger partial charge in [-0.2, -0.15) is 0 Å². The fraction of sp³-hybridized carbons (Fsp3) is 0.250. The molecule has 2 aromatic carbocycles. The molecular weight excluding hydrogens is 261 g/mol. The van der Waals surface area contributed by atoms with Crippen molar-refractivity contribution >= 4 is 11.6 Å². The van der Waals surface area contributed by atoms with Crippen LogP contribution in [0.2, 0.25) is 5.02 Å². The SMILES string of the molecule is CNCc1cc(F)ccc1-c1cc(C)c(C)cc1Cl. The molecule has 0 aliphatic carbocycles. The van der Waals surface area contributed by atoms with Gasteiger partial charge in [0.1, 0.15) is 5.82 Å². The first-order valence-corrected chi connectivity index (χ1v) is 6.61. The van der Waals surface area contributed by atoms with Crippen LogP contribution in [0.5, 0.6) is 0 Å². The Hall–Kier alpha value is -1.38. The molecule has 100 valence electrons. The van der Waals surface area contributed by atoms with Gasteiger partial charge in [0, 0.05) is 17.1 Å². The van der Waals surface area contributed by atoms with Crippen molar-refractivity contribution < 1.29 is 4.39 Å². The van der Waals surface area contributed by atoms with Crippen molar-refractivity contribution in [1.29, 1.82) is 0 Å². The van der Waals surface area contributed by atoms with E-state index in [4.69, 9.17) is 11.6 Å². The minimum Gasteiger partial charge on any atom is -0.316 e. The van der Waals surface area contributed by atoms with Crippen LogP contribution in [-0.4, -0.2) is 7.05 Å². The quantitative estimate of drug-likeness (QED) is 0.872. The van der Waals surface area contributed by atoms with Crippen molar-refractivity contribution in [1.82, 2.24) is 5.32 Å². The third-order valence-electron chi connectivity index (χ3n) is 3.31. The third kappa shape index (κ3) is 2.96. The number of halogens is 2. The molecule has 0 spiro atoms. The minimum absolute atomic E-state index is 0.228.